The lowest BCUT2D eigenvalue weighted by Gasteiger charge is -2.23. The molecule has 20 heavy (non-hydrogen) atoms. The summed E-state index contributed by atoms with van der Waals surface area (Å²) in [7, 11) is 0. The van der Waals surface area contributed by atoms with Crippen LogP contribution in [0.2, 0.25) is 5.02 Å². The molecule has 0 spiro atoms. The number of nitrogens with zero attached hydrogens (tertiary/aromatic N) is 2. The fraction of sp³-hybridized carbons (Fsp3) is 0.417. The van der Waals surface area contributed by atoms with Crippen molar-refractivity contribution in [3.8, 4) is 0 Å². The van der Waals surface area contributed by atoms with E-state index in [9.17, 15) is 14.9 Å². The number of hydrogen-bond donors (Lipinski definition) is 2. The molecule has 1 heterocycles. The Bertz CT molecular complexity index is 592. The number of nitro benzene ring substituents is 1. The van der Waals surface area contributed by atoms with Crippen molar-refractivity contribution in [2.24, 2.45) is 5.73 Å². The van der Waals surface area contributed by atoms with Crippen molar-refractivity contribution in [2.45, 2.75) is 18.9 Å². The van der Waals surface area contributed by atoms with Gasteiger partial charge in [0.25, 0.3) is 5.69 Å². The van der Waals surface area contributed by atoms with Gasteiger partial charge in [0.05, 0.1) is 4.92 Å². The van der Waals surface area contributed by atoms with Crippen molar-refractivity contribution in [3.63, 3.8) is 0 Å². The van der Waals surface area contributed by atoms with Gasteiger partial charge in [0, 0.05) is 24.8 Å². The van der Waals surface area contributed by atoms with E-state index in [-0.39, 0.29) is 17.3 Å². The molecule has 1 aromatic carbocycles. The van der Waals surface area contributed by atoms with Gasteiger partial charge in [-0.3, -0.25) is 14.9 Å². The third-order valence-corrected chi connectivity index (χ3v) is 3.83. The number of halogens is 1. The summed E-state index contributed by atoms with van der Waals surface area (Å²) < 4.78 is 0. The Morgan fingerprint density at radius 2 is 2.25 bits per heavy atom. The molecule has 1 aliphatic rings. The molecule has 0 bridgehead atoms. The zero-order valence-electron chi connectivity index (χ0n) is 10.8. The van der Waals surface area contributed by atoms with Crippen LogP contribution in [0, 0.1) is 17.0 Å². The molecule has 0 saturated carbocycles. The van der Waals surface area contributed by atoms with Gasteiger partial charge in [0.15, 0.2) is 0 Å². The Morgan fingerprint density at radius 1 is 1.60 bits per heavy atom. The zero-order chi connectivity index (χ0) is 15.1. The van der Waals surface area contributed by atoms with E-state index in [2.05, 4.69) is 0 Å². The Hall–Kier alpha value is -1.86. The number of nitrogens with two attached hydrogens (primary N) is 1. The predicted molar refractivity (Wildman–Crippen MR) is 74.2 cm³/mol. The van der Waals surface area contributed by atoms with Gasteiger partial charge in [-0.15, -0.1) is 0 Å². The van der Waals surface area contributed by atoms with E-state index in [0.717, 1.165) is 0 Å². The highest BCUT2D eigenvalue weighted by molar-refractivity contribution is 6.33. The van der Waals surface area contributed by atoms with E-state index in [1.807, 2.05) is 0 Å². The third kappa shape index (κ3) is 2.41. The molecule has 2 rings (SSSR count). The number of aliphatic carboxylic acids is 1. The van der Waals surface area contributed by atoms with Crippen LogP contribution in [-0.4, -0.2) is 34.6 Å². The number of benzene rings is 1. The van der Waals surface area contributed by atoms with Crippen molar-refractivity contribution in [3.05, 3.63) is 32.8 Å². The second kappa shape index (κ2) is 4.92. The normalized spacial score (nSPS) is 22.1. The maximum absolute atomic E-state index is 11.1. The molecule has 108 valence electrons. The Balaban J connectivity index is 2.34. The molecule has 0 aromatic heterocycles. The molecule has 1 aliphatic heterocycles. The largest absolute Gasteiger partial charge is 0.480 e. The highest BCUT2D eigenvalue weighted by atomic mass is 35.5. The molecular formula is C12H14ClN3O4. The highest BCUT2D eigenvalue weighted by Gasteiger charge is 2.41. The molecule has 0 aliphatic carbocycles. The summed E-state index contributed by atoms with van der Waals surface area (Å²) in [4.78, 5) is 23.2. The number of rotatable bonds is 3. The van der Waals surface area contributed by atoms with Gasteiger partial charge < -0.3 is 15.7 Å². The minimum absolute atomic E-state index is 0.0282. The van der Waals surface area contributed by atoms with E-state index >= 15 is 0 Å². The summed E-state index contributed by atoms with van der Waals surface area (Å²) in [6.07, 6.45) is 0.316. The van der Waals surface area contributed by atoms with E-state index in [1.165, 1.54) is 12.1 Å². The first-order valence-corrected chi connectivity index (χ1v) is 6.34. The van der Waals surface area contributed by atoms with E-state index in [1.54, 1.807) is 11.8 Å². The Kier molecular flexibility index (Phi) is 3.58. The molecule has 1 saturated heterocycles. The van der Waals surface area contributed by atoms with Gasteiger partial charge in [-0.05, 0) is 25.0 Å². The van der Waals surface area contributed by atoms with Crippen molar-refractivity contribution in [2.75, 3.05) is 18.0 Å². The quantitative estimate of drug-likeness (QED) is 0.647. The third-order valence-electron chi connectivity index (χ3n) is 3.53. The van der Waals surface area contributed by atoms with Crippen LogP contribution in [0.1, 0.15) is 12.0 Å². The van der Waals surface area contributed by atoms with Gasteiger partial charge in [-0.25, -0.2) is 0 Å². The van der Waals surface area contributed by atoms with E-state index in [0.29, 0.717) is 24.2 Å². The fourth-order valence-corrected chi connectivity index (χ4v) is 2.58. The second-order valence-corrected chi connectivity index (χ2v) is 5.39. The first kappa shape index (κ1) is 14.5. The monoisotopic (exact) mass is 299 g/mol. The van der Waals surface area contributed by atoms with Gasteiger partial charge in [-0.1, -0.05) is 11.6 Å². The summed E-state index contributed by atoms with van der Waals surface area (Å²) in [5, 5.41) is 19.9. The fourth-order valence-electron chi connectivity index (χ4n) is 2.35. The standard InChI is InChI=1S/C12H14ClN3O4/c1-7-4-10(16(19)20)8(13)5-9(7)15-3-2-12(14,6-15)11(17)18/h4-5H,2-3,6,14H2,1H3,(H,17,18). The molecule has 1 fully saturated rings. The minimum atomic E-state index is -1.29. The maximum Gasteiger partial charge on any atom is 0.325 e. The van der Waals surface area contributed by atoms with E-state index in [4.69, 9.17) is 22.4 Å². The number of anilines is 1. The maximum atomic E-state index is 11.1. The molecule has 1 atom stereocenters. The van der Waals surface area contributed by atoms with Gasteiger partial charge in [0.1, 0.15) is 10.6 Å². The van der Waals surface area contributed by atoms with Crippen LogP contribution in [0.3, 0.4) is 0 Å². The summed E-state index contributed by atoms with van der Waals surface area (Å²) in [5.74, 6) is -1.05. The molecule has 1 unspecified atom stereocenters. The van der Waals surface area contributed by atoms with Crippen molar-refractivity contribution < 1.29 is 14.8 Å². The lowest BCUT2D eigenvalue weighted by Crippen LogP contribution is -2.50. The van der Waals surface area contributed by atoms with Crippen LogP contribution in [0.15, 0.2) is 12.1 Å². The smallest absolute Gasteiger partial charge is 0.325 e. The summed E-state index contributed by atoms with van der Waals surface area (Å²) >= 11 is 5.89. The minimum Gasteiger partial charge on any atom is -0.480 e. The molecule has 8 heteroatoms. The summed E-state index contributed by atoms with van der Waals surface area (Å²) in [6, 6.07) is 2.87. The molecule has 3 N–H and O–H groups in total. The first-order valence-electron chi connectivity index (χ1n) is 5.96. The predicted octanol–water partition coefficient (Wildman–Crippen LogP) is 1.55. The van der Waals surface area contributed by atoms with Crippen LogP contribution >= 0.6 is 11.6 Å². The van der Waals surface area contributed by atoms with E-state index < -0.39 is 16.4 Å². The molecule has 0 radical (unpaired) electrons. The summed E-state index contributed by atoms with van der Waals surface area (Å²) in [5.41, 5.74) is 5.70. The van der Waals surface area contributed by atoms with Gasteiger partial charge >= 0.3 is 5.97 Å². The van der Waals surface area contributed by atoms with Crippen molar-refractivity contribution >= 4 is 28.9 Å². The average molecular weight is 300 g/mol. The zero-order valence-corrected chi connectivity index (χ0v) is 11.6. The number of nitro groups is 1. The SMILES string of the molecule is Cc1cc([N+](=O)[O-])c(Cl)cc1N1CCC(N)(C(=O)O)C1. The highest BCUT2D eigenvalue weighted by Crippen LogP contribution is 2.35. The topological polar surface area (TPSA) is 110 Å². The van der Waals surface area contributed by atoms with Crippen molar-refractivity contribution in [1.29, 1.82) is 0 Å². The van der Waals surface area contributed by atoms with Crippen LogP contribution in [0.5, 0.6) is 0 Å². The lowest BCUT2D eigenvalue weighted by molar-refractivity contribution is -0.384. The van der Waals surface area contributed by atoms with Gasteiger partial charge in [-0.2, -0.15) is 0 Å². The average Bonchev–Trinajstić information content (AvgIpc) is 2.75. The number of hydrogen-bond acceptors (Lipinski definition) is 5. The summed E-state index contributed by atoms with van der Waals surface area (Å²) in [6.45, 7) is 2.34. The molecule has 1 aromatic rings. The number of carboxylic acids is 1. The van der Waals surface area contributed by atoms with Crippen LogP contribution in [0.25, 0.3) is 0 Å². The van der Waals surface area contributed by atoms with Crippen LogP contribution in [0.4, 0.5) is 11.4 Å². The van der Waals surface area contributed by atoms with Crippen molar-refractivity contribution in [1.82, 2.24) is 0 Å². The second-order valence-electron chi connectivity index (χ2n) is 4.98. The number of carbonyl (C=O) groups is 1. The van der Waals surface area contributed by atoms with Crippen LogP contribution < -0.4 is 10.6 Å². The lowest BCUT2D eigenvalue weighted by atomic mass is 10.0. The Morgan fingerprint density at radius 3 is 2.75 bits per heavy atom. The first-order chi connectivity index (χ1) is 9.24. The number of aryl methyl sites for hydroxylation is 1. The number of carboxylic acid groups (broad SMARTS) is 1. The molecule has 7 nitrogen and oxygen atoms in total. The molecular weight excluding hydrogens is 286 g/mol. The molecule has 0 amide bonds. The van der Waals surface area contributed by atoms with Crippen LogP contribution in [-0.2, 0) is 4.79 Å². The Labute approximate surface area is 120 Å². The van der Waals surface area contributed by atoms with Gasteiger partial charge in [0.2, 0.25) is 0 Å².